The molecule has 1 unspecified atom stereocenters. The van der Waals surface area contributed by atoms with Crippen LogP contribution in [0.5, 0.6) is 0 Å². The Labute approximate surface area is 159 Å². The molecule has 0 fully saturated rings. The van der Waals surface area contributed by atoms with Gasteiger partial charge < -0.3 is 9.64 Å². The van der Waals surface area contributed by atoms with Gasteiger partial charge in [-0.05, 0) is 30.0 Å². The summed E-state index contributed by atoms with van der Waals surface area (Å²) in [5, 5.41) is 0. The number of likely N-dealkylation sites (N-methyl/N-ethyl adjacent to an activating group) is 1. The number of nitrogens with zero attached hydrogens (tertiary/aromatic N) is 2. The van der Waals surface area contributed by atoms with E-state index in [-0.39, 0.29) is 12.6 Å². The van der Waals surface area contributed by atoms with Crippen LogP contribution in [-0.2, 0) is 22.6 Å². The van der Waals surface area contributed by atoms with Crippen molar-refractivity contribution in [3.05, 3.63) is 78.0 Å². The average Bonchev–Trinajstić information content (AvgIpc) is 2.72. The molecule has 1 aliphatic rings. The molecule has 0 radical (unpaired) electrons. The normalized spacial score (nSPS) is 13.6. The molecule has 5 nitrogen and oxygen atoms in total. The monoisotopic (exact) mass is 364 g/mol. The van der Waals surface area contributed by atoms with Crippen LogP contribution in [0.2, 0.25) is 0 Å². The summed E-state index contributed by atoms with van der Waals surface area (Å²) in [5.41, 5.74) is 2.85. The summed E-state index contributed by atoms with van der Waals surface area (Å²) >= 11 is 0. The number of rotatable bonds is 5. The van der Waals surface area contributed by atoms with Crippen molar-refractivity contribution in [2.24, 2.45) is 0 Å². The predicted molar refractivity (Wildman–Crippen MR) is 105 cm³/mol. The van der Waals surface area contributed by atoms with Crippen LogP contribution in [0.3, 0.4) is 0 Å². The number of ether oxygens (including phenoxy) is 1. The van der Waals surface area contributed by atoms with Crippen molar-refractivity contribution in [2.45, 2.75) is 32.4 Å². The first-order chi connectivity index (χ1) is 13.1. The van der Waals surface area contributed by atoms with Crippen molar-refractivity contribution in [2.75, 3.05) is 11.9 Å². The number of carbonyl (C=O) groups excluding carboxylic acids is 2. The maximum absolute atomic E-state index is 13.0. The first kappa shape index (κ1) is 18.7. The van der Waals surface area contributed by atoms with Crippen LogP contribution in [0.1, 0.15) is 24.5 Å². The highest BCUT2D eigenvalue weighted by molar-refractivity contribution is 5.97. The fraction of sp³-hybridized carbons (Fsp3) is 0.273. The van der Waals surface area contributed by atoms with Gasteiger partial charge in [0, 0.05) is 13.2 Å². The van der Waals surface area contributed by atoms with Gasteiger partial charge in [-0.25, -0.2) is 9.59 Å². The van der Waals surface area contributed by atoms with E-state index in [1.54, 1.807) is 18.1 Å². The van der Waals surface area contributed by atoms with Crippen molar-refractivity contribution in [3.63, 3.8) is 0 Å². The van der Waals surface area contributed by atoms with Gasteiger partial charge >= 0.3 is 12.0 Å². The van der Waals surface area contributed by atoms with Crippen molar-refractivity contribution in [1.29, 1.82) is 0 Å². The second-order valence-electron chi connectivity index (χ2n) is 6.50. The minimum absolute atomic E-state index is 0.199. The molecule has 1 atom stereocenters. The van der Waals surface area contributed by atoms with Gasteiger partial charge in [-0.3, -0.25) is 4.90 Å². The third kappa shape index (κ3) is 4.19. The molecule has 0 spiro atoms. The zero-order valence-corrected chi connectivity index (χ0v) is 15.7. The zero-order valence-electron chi connectivity index (χ0n) is 15.7. The molecule has 5 heteroatoms. The van der Waals surface area contributed by atoms with Gasteiger partial charge in [0.15, 0.2) is 0 Å². The standard InChI is InChI=1S/C22H24N2O3/c1-3-19(21(25)27-16-17-10-5-4-6-11-17)23(2)22(26)24-15-9-13-18-12-7-8-14-20(18)24/h4-12,14-15,19H,3,13,16H2,1-2H3. The maximum atomic E-state index is 13.0. The minimum atomic E-state index is -0.635. The Morgan fingerprint density at radius 1 is 1.11 bits per heavy atom. The molecule has 2 aromatic carbocycles. The van der Waals surface area contributed by atoms with E-state index >= 15 is 0 Å². The molecular weight excluding hydrogens is 340 g/mol. The number of benzene rings is 2. The second-order valence-corrected chi connectivity index (χ2v) is 6.50. The van der Waals surface area contributed by atoms with E-state index in [0.29, 0.717) is 6.42 Å². The molecule has 1 aliphatic heterocycles. The number of anilines is 1. The first-order valence-electron chi connectivity index (χ1n) is 9.13. The lowest BCUT2D eigenvalue weighted by Gasteiger charge is -2.32. The van der Waals surface area contributed by atoms with Gasteiger partial charge in [0.25, 0.3) is 0 Å². The number of hydrogen-bond acceptors (Lipinski definition) is 3. The van der Waals surface area contributed by atoms with E-state index < -0.39 is 12.0 Å². The molecule has 1 heterocycles. The Morgan fingerprint density at radius 3 is 2.56 bits per heavy atom. The van der Waals surface area contributed by atoms with E-state index in [2.05, 4.69) is 0 Å². The summed E-state index contributed by atoms with van der Waals surface area (Å²) in [6.45, 7) is 2.07. The third-order valence-corrected chi connectivity index (χ3v) is 4.70. The molecule has 2 aromatic rings. The van der Waals surface area contributed by atoms with Gasteiger partial charge in [-0.2, -0.15) is 0 Å². The summed E-state index contributed by atoms with van der Waals surface area (Å²) in [6.07, 6.45) is 4.99. The maximum Gasteiger partial charge on any atom is 0.329 e. The van der Waals surface area contributed by atoms with Gasteiger partial charge in [0.05, 0.1) is 5.69 Å². The van der Waals surface area contributed by atoms with Gasteiger partial charge in [-0.15, -0.1) is 0 Å². The van der Waals surface area contributed by atoms with Crippen LogP contribution in [0.15, 0.2) is 66.9 Å². The molecule has 0 aliphatic carbocycles. The molecule has 0 N–H and O–H groups in total. The fourth-order valence-corrected chi connectivity index (χ4v) is 3.18. The summed E-state index contributed by atoms with van der Waals surface area (Å²) in [7, 11) is 1.64. The Bertz CT molecular complexity index is 832. The van der Waals surface area contributed by atoms with Crippen LogP contribution in [-0.4, -0.2) is 30.0 Å². The number of carbonyl (C=O) groups is 2. The summed E-state index contributed by atoms with van der Waals surface area (Å²) in [5.74, 6) is -0.397. The Hall–Kier alpha value is -3.08. The third-order valence-electron chi connectivity index (χ3n) is 4.70. The molecule has 140 valence electrons. The quantitative estimate of drug-likeness (QED) is 0.750. The summed E-state index contributed by atoms with van der Waals surface area (Å²) < 4.78 is 5.44. The number of amides is 2. The lowest BCUT2D eigenvalue weighted by Crippen LogP contribution is -2.48. The van der Waals surface area contributed by atoms with E-state index in [0.717, 1.165) is 23.2 Å². The molecule has 27 heavy (non-hydrogen) atoms. The number of fused-ring (bicyclic) bond motifs is 1. The van der Waals surface area contributed by atoms with Crippen LogP contribution in [0, 0.1) is 0 Å². The largest absolute Gasteiger partial charge is 0.459 e. The molecule has 2 amide bonds. The van der Waals surface area contributed by atoms with Crippen LogP contribution < -0.4 is 4.90 Å². The smallest absolute Gasteiger partial charge is 0.329 e. The molecule has 0 bridgehead atoms. The van der Waals surface area contributed by atoms with Crippen LogP contribution >= 0.6 is 0 Å². The lowest BCUT2D eigenvalue weighted by molar-refractivity contribution is -0.150. The highest BCUT2D eigenvalue weighted by Crippen LogP contribution is 2.27. The number of esters is 1. The van der Waals surface area contributed by atoms with Crippen LogP contribution in [0.25, 0.3) is 0 Å². The van der Waals surface area contributed by atoms with Gasteiger partial charge in [-0.1, -0.05) is 61.5 Å². The number of hydrogen-bond donors (Lipinski definition) is 0. The van der Waals surface area contributed by atoms with Gasteiger partial charge in [0.1, 0.15) is 12.6 Å². The fourth-order valence-electron chi connectivity index (χ4n) is 3.18. The highest BCUT2D eigenvalue weighted by Gasteiger charge is 2.31. The van der Waals surface area contributed by atoms with Crippen molar-refractivity contribution in [1.82, 2.24) is 4.90 Å². The second kappa shape index (κ2) is 8.54. The van der Waals surface area contributed by atoms with E-state index in [1.807, 2.05) is 67.6 Å². The Kier molecular flexibility index (Phi) is 5.91. The zero-order chi connectivity index (χ0) is 19.2. The minimum Gasteiger partial charge on any atom is -0.459 e. The number of urea groups is 1. The molecule has 0 aromatic heterocycles. The van der Waals surface area contributed by atoms with Crippen molar-refractivity contribution < 1.29 is 14.3 Å². The van der Waals surface area contributed by atoms with E-state index in [4.69, 9.17) is 4.74 Å². The average molecular weight is 364 g/mol. The first-order valence-corrected chi connectivity index (χ1v) is 9.13. The molecule has 0 saturated heterocycles. The predicted octanol–water partition coefficient (Wildman–Crippen LogP) is 4.14. The summed E-state index contributed by atoms with van der Waals surface area (Å²) in [6, 6.07) is 16.4. The number of allylic oxidation sites excluding steroid dienone is 1. The van der Waals surface area contributed by atoms with E-state index in [1.165, 1.54) is 4.90 Å². The topological polar surface area (TPSA) is 49.9 Å². The van der Waals surface area contributed by atoms with Gasteiger partial charge in [0.2, 0.25) is 0 Å². The lowest BCUT2D eigenvalue weighted by atomic mass is 10.1. The molecular formula is C22H24N2O3. The SMILES string of the molecule is CCC(C(=O)OCc1ccccc1)N(C)C(=O)N1C=CCc2ccccc21. The Balaban J connectivity index is 1.69. The molecule has 3 rings (SSSR count). The molecule has 0 saturated carbocycles. The van der Waals surface area contributed by atoms with Crippen LogP contribution in [0.4, 0.5) is 10.5 Å². The van der Waals surface area contributed by atoms with Crippen molar-refractivity contribution in [3.8, 4) is 0 Å². The number of para-hydroxylation sites is 1. The van der Waals surface area contributed by atoms with E-state index in [9.17, 15) is 9.59 Å². The highest BCUT2D eigenvalue weighted by atomic mass is 16.5. The summed E-state index contributed by atoms with van der Waals surface area (Å²) in [4.78, 5) is 28.6. The van der Waals surface area contributed by atoms with Crippen molar-refractivity contribution >= 4 is 17.7 Å². The Morgan fingerprint density at radius 2 is 1.81 bits per heavy atom.